The molecule has 0 fully saturated rings. The van der Waals surface area contributed by atoms with Crippen LogP contribution in [0.15, 0.2) is 48.8 Å². The predicted molar refractivity (Wildman–Crippen MR) is 109 cm³/mol. The summed E-state index contributed by atoms with van der Waals surface area (Å²) in [6, 6.07) is 6.15. The molecule has 1 heterocycles. The van der Waals surface area contributed by atoms with Crippen molar-refractivity contribution in [2.75, 3.05) is 13.7 Å². The van der Waals surface area contributed by atoms with Crippen LogP contribution in [-0.4, -0.2) is 41.4 Å². The second kappa shape index (κ2) is 9.41. The van der Waals surface area contributed by atoms with E-state index in [4.69, 9.17) is 9.47 Å². The fourth-order valence-corrected chi connectivity index (χ4v) is 2.77. The van der Waals surface area contributed by atoms with Gasteiger partial charge >= 0.3 is 18.0 Å². The van der Waals surface area contributed by atoms with E-state index in [2.05, 4.69) is 0 Å². The second-order valence-electron chi connectivity index (χ2n) is 7.15. The molecular formula is C22H28N2O5. The molecule has 1 aromatic carbocycles. The predicted octanol–water partition coefficient (Wildman–Crippen LogP) is 3.81. The molecule has 0 saturated carbocycles. The summed E-state index contributed by atoms with van der Waals surface area (Å²) in [7, 11) is 1.56. The minimum atomic E-state index is -1.37. The number of likely N-dealkylation sites (N-methyl/N-ethyl adjacent to an activating group) is 1. The molecule has 29 heavy (non-hydrogen) atoms. The highest BCUT2D eigenvalue weighted by Gasteiger charge is 2.44. The first kappa shape index (κ1) is 22.2. The molecule has 156 valence electrons. The highest BCUT2D eigenvalue weighted by Crippen LogP contribution is 2.32. The Kier molecular flexibility index (Phi) is 7.20. The van der Waals surface area contributed by atoms with Gasteiger partial charge in [-0.05, 0) is 38.0 Å². The molecule has 2 rings (SSSR count). The number of nitrogens with zero attached hydrogens (tertiary/aromatic N) is 2. The van der Waals surface area contributed by atoms with Crippen molar-refractivity contribution >= 4 is 18.0 Å². The van der Waals surface area contributed by atoms with Crippen molar-refractivity contribution in [2.24, 2.45) is 5.92 Å². The molecule has 0 spiro atoms. The second-order valence-corrected chi connectivity index (χ2v) is 7.15. The summed E-state index contributed by atoms with van der Waals surface area (Å²) in [5, 5.41) is 0. The quantitative estimate of drug-likeness (QED) is 0.536. The Morgan fingerprint density at radius 1 is 1.14 bits per heavy atom. The molecule has 2 amide bonds. The first-order chi connectivity index (χ1) is 13.7. The van der Waals surface area contributed by atoms with E-state index in [0.717, 1.165) is 6.42 Å². The molecule has 1 unspecified atom stereocenters. The lowest BCUT2D eigenvalue weighted by molar-refractivity contribution is -0.155. The minimum absolute atomic E-state index is 0.185. The average molecular weight is 400 g/mol. The third-order valence-corrected chi connectivity index (χ3v) is 4.76. The molecule has 7 nitrogen and oxygen atoms in total. The number of amides is 2. The maximum atomic E-state index is 13.0. The summed E-state index contributed by atoms with van der Waals surface area (Å²) in [6.07, 6.45) is 7.79. The Morgan fingerprint density at radius 3 is 2.24 bits per heavy atom. The van der Waals surface area contributed by atoms with E-state index < -0.39 is 11.5 Å². The van der Waals surface area contributed by atoms with Gasteiger partial charge in [-0.15, -0.1) is 0 Å². The van der Waals surface area contributed by atoms with Gasteiger partial charge < -0.3 is 14.4 Å². The van der Waals surface area contributed by atoms with Crippen molar-refractivity contribution in [1.29, 1.82) is 0 Å². The number of carbonyl (C=O) groups excluding carboxylic acids is 3. The Bertz CT molecular complexity index is 801. The number of carbonyl (C=O) groups is 3. The standard InChI is InChI=1S/C22H28N2O5/c1-6-28-20(26)22(4,23(5)21(27)24-14-8-7-9-15-24)17-10-12-18(13-11-17)29-19(25)16(2)3/h8-16H,6-7H2,1-5H3. The molecule has 0 aromatic heterocycles. The van der Waals surface area contributed by atoms with E-state index in [9.17, 15) is 14.4 Å². The summed E-state index contributed by atoms with van der Waals surface area (Å²) in [5.41, 5.74) is -0.826. The number of urea groups is 1. The molecule has 1 aliphatic rings. The van der Waals surface area contributed by atoms with Gasteiger partial charge in [0.25, 0.3) is 0 Å². The van der Waals surface area contributed by atoms with E-state index in [1.165, 1.54) is 9.80 Å². The average Bonchev–Trinajstić information content (AvgIpc) is 2.73. The zero-order valence-corrected chi connectivity index (χ0v) is 17.5. The normalized spacial score (nSPS) is 15.0. The third kappa shape index (κ3) is 4.85. The number of allylic oxidation sites excluding steroid dienone is 2. The maximum Gasteiger partial charge on any atom is 0.336 e. The van der Waals surface area contributed by atoms with Gasteiger partial charge in [-0.2, -0.15) is 0 Å². The zero-order valence-electron chi connectivity index (χ0n) is 17.5. The van der Waals surface area contributed by atoms with E-state index in [1.54, 1.807) is 71.4 Å². The van der Waals surface area contributed by atoms with Crippen LogP contribution in [0, 0.1) is 5.92 Å². The maximum absolute atomic E-state index is 13.0. The van der Waals surface area contributed by atoms with Crippen LogP contribution < -0.4 is 4.74 Å². The summed E-state index contributed by atoms with van der Waals surface area (Å²) in [4.78, 5) is 40.4. The number of rotatable bonds is 6. The molecule has 0 aliphatic carbocycles. The van der Waals surface area contributed by atoms with Crippen LogP contribution in [0.25, 0.3) is 0 Å². The van der Waals surface area contributed by atoms with E-state index in [0.29, 0.717) is 11.3 Å². The number of esters is 2. The monoisotopic (exact) mass is 400 g/mol. The van der Waals surface area contributed by atoms with Crippen LogP contribution >= 0.6 is 0 Å². The van der Waals surface area contributed by atoms with Crippen molar-refractivity contribution in [1.82, 2.24) is 9.80 Å². The lowest BCUT2D eigenvalue weighted by Gasteiger charge is -2.38. The summed E-state index contributed by atoms with van der Waals surface area (Å²) >= 11 is 0. The fourth-order valence-electron chi connectivity index (χ4n) is 2.77. The van der Waals surface area contributed by atoms with Gasteiger partial charge in [0, 0.05) is 19.4 Å². The van der Waals surface area contributed by atoms with Crippen LogP contribution in [0.5, 0.6) is 5.75 Å². The number of benzene rings is 1. The molecular weight excluding hydrogens is 372 g/mol. The van der Waals surface area contributed by atoms with E-state index in [1.807, 2.05) is 12.2 Å². The van der Waals surface area contributed by atoms with Gasteiger partial charge in [-0.25, -0.2) is 9.59 Å². The van der Waals surface area contributed by atoms with Crippen LogP contribution in [0.1, 0.15) is 39.7 Å². The molecule has 1 aromatic rings. The van der Waals surface area contributed by atoms with Gasteiger partial charge in [-0.1, -0.05) is 38.1 Å². The van der Waals surface area contributed by atoms with Crippen LogP contribution in [0.3, 0.4) is 0 Å². The molecule has 0 saturated heterocycles. The Labute approximate surface area is 171 Å². The first-order valence-electron chi connectivity index (χ1n) is 9.60. The van der Waals surface area contributed by atoms with Gasteiger partial charge in [0.1, 0.15) is 5.75 Å². The topological polar surface area (TPSA) is 76.1 Å². The van der Waals surface area contributed by atoms with E-state index >= 15 is 0 Å². The van der Waals surface area contributed by atoms with E-state index in [-0.39, 0.29) is 24.5 Å². The molecule has 0 bridgehead atoms. The SMILES string of the molecule is CCOC(=O)C(C)(c1ccc(OC(=O)C(C)C)cc1)N(C)C(=O)N1C=CCC=C1. The van der Waals surface area contributed by atoms with Gasteiger partial charge in [-0.3, -0.25) is 9.69 Å². The number of hydrogen-bond donors (Lipinski definition) is 0. The Morgan fingerprint density at radius 2 is 1.72 bits per heavy atom. The molecule has 1 aliphatic heterocycles. The number of hydrogen-bond acceptors (Lipinski definition) is 5. The third-order valence-electron chi connectivity index (χ3n) is 4.76. The highest BCUT2D eigenvalue weighted by molar-refractivity contribution is 5.89. The summed E-state index contributed by atoms with van der Waals surface area (Å²) < 4.78 is 10.6. The van der Waals surface area contributed by atoms with Crippen molar-refractivity contribution < 1.29 is 23.9 Å². The number of ether oxygens (including phenoxy) is 2. The van der Waals surface area contributed by atoms with Gasteiger partial charge in [0.15, 0.2) is 5.54 Å². The van der Waals surface area contributed by atoms with Gasteiger partial charge in [0.2, 0.25) is 0 Å². The molecule has 1 atom stereocenters. The van der Waals surface area contributed by atoms with Crippen molar-refractivity contribution in [3.05, 3.63) is 54.4 Å². The van der Waals surface area contributed by atoms with Crippen LogP contribution in [0.2, 0.25) is 0 Å². The lowest BCUT2D eigenvalue weighted by Crippen LogP contribution is -2.53. The van der Waals surface area contributed by atoms with Crippen LogP contribution in [-0.2, 0) is 19.9 Å². The summed E-state index contributed by atoms with van der Waals surface area (Å²) in [5.74, 6) is -0.780. The molecule has 0 radical (unpaired) electrons. The van der Waals surface area contributed by atoms with Crippen molar-refractivity contribution in [3.8, 4) is 5.75 Å². The largest absolute Gasteiger partial charge is 0.464 e. The zero-order chi connectivity index (χ0) is 21.6. The molecule has 0 N–H and O–H groups in total. The van der Waals surface area contributed by atoms with Crippen LogP contribution in [0.4, 0.5) is 4.79 Å². The van der Waals surface area contributed by atoms with Gasteiger partial charge in [0.05, 0.1) is 12.5 Å². The lowest BCUT2D eigenvalue weighted by atomic mass is 9.90. The fraction of sp³-hybridized carbons (Fsp3) is 0.409. The first-order valence-corrected chi connectivity index (χ1v) is 9.60. The van der Waals surface area contributed by atoms with Crippen molar-refractivity contribution in [3.63, 3.8) is 0 Å². The Balaban J connectivity index is 2.35. The summed E-state index contributed by atoms with van der Waals surface area (Å²) in [6.45, 7) is 7.03. The molecule has 7 heteroatoms. The Hall–Kier alpha value is -3.09. The smallest absolute Gasteiger partial charge is 0.336 e. The minimum Gasteiger partial charge on any atom is -0.464 e. The highest BCUT2D eigenvalue weighted by atomic mass is 16.5. The van der Waals surface area contributed by atoms with Crippen molar-refractivity contribution in [2.45, 2.75) is 39.7 Å².